The Bertz CT molecular complexity index is 896. The molecule has 0 spiro atoms. The SMILES string of the molecule is Cc1cccc(-c2ccc(-c3nccn3CC3CCC(=O)N3)cc2)c1. The Balaban J connectivity index is 1.57. The third-order valence-corrected chi connectivity index (χ3v) is 4.71. The summed E-state index contributed by atoms with van der Waals surface area (Å²) in [7, 11) is 0. The van der Waals surface area contributed by atoms with Crippen LogP contribution in [0.5, 0.6) is 0 Å². The molecular weight excluding hydrogens is 310 g/mol. The Hall–Kier alpha value is -2.88. The van der Waals surface area contributed by atoms with Gasteiger partial charge >= 0.3 is 0 Å². The van der Waals surface area contributed by atoms with Crippen molar-refractivity contribution in [2.45, 2.75) is 32.4 Å². The van der Waals surface area contributed by atoms with Crippen molar-refractivity contribution in [3.05, 3.63) is 66.5 Å². The van der Waals surface area contributed by atoms with Gasteiger partial charge in [-0.15, -0.1) is 0 Å². The van der Waals surface area contributed by atoms with Crippen molar-refractivity contribution in [2.75, 3.05) is 0 Å². The lowest BCUT2D eigenvalue weighted by atomic mass is 10.0. The fraction of sp³-hybridized carbons (Fsp3) is 0.238. The molecule has 2 aromatic carbocycles. The molecule has 4 rings (SSSR count). The van der Waals surface area contributed by atoms with E-state index >= 15 is 0 Å². The molecule has 1 fully saturated rings. The summed E-state index contributed by atoms with van der Waals surface area (Å²) in [5.74, 6) is 1.09. The fourth-order valence-electron chi connectivity index (χ4n) is 3.40. The first-order valence-electron chi connectivity index (χ1n) is 8.67. The monoisotopic (exact) mass is 331 g/mol. The third kappa shape index (κ3) is 3.33. The van der Waals surface area contributed by atoms with Crippen molar-refractivity contribution < 1.29 is 4.79 Å². The highest BCUT2D eigenvalue weighted by Crippen LogP contribution is 2.25. The van der Waals surface area contributed by atoms with Gasteiger partial charge in [-0.2, -0.15) is 0 Å². The number of aryl methyl sites for hydroxylation is 1. The van der Waals surface area contributed by atoms with Crippen LogP contribution in [-0.4, -0.2) is 21.5 Å². The van der Waals surface area contributed by atoms with Gasteiger partial charge < -0.3 is 9.88 Å². The first kappa shape index (κ1) is 15.6. The normalized spacial score (nSPS) is 16.8. The van der Waals surface area contributed by atoms with Gasteiger partial charge in [0.2, 0.25) is 5.91 Å². The van der Waals surface area contributed by atoms with Gasteiger partial charge in [0.05, 0.1) is 0 Å². The molecule has 1 amide bonds. The summed E-state index contributed by atoms with van der Waals surface area (Å²) in [4.78, 5) is 15.9. The predicted molar refractivity (Wildman–Crippen MR) is 99.0 cm³/mol. The topological polar surface area (TPSA) is 46.9 Å². The van der Waals surface area contributed by atoms with E-state index in [0.29, 0.717) is 6.42 Å². The highest BCUT2D eigenvalue weighted by Gasteiger charge is 2.21. The molecule has 4 heteroatoms. The van der Waals surface area contributed by atoms with Crippen LogP contribution in [0.4, 0.5) is 0 Å². The van der Waals surface area contributed by atoms with E-state index in [1.807, 2.05) is 12.4 Å². The molecule has 0 bridgehead atoms. The number of amides is 1. The van der Waals surface area contributed by atoms with Crippen molar-refractivity contribution in [2.24, 2.45) is 0 Å². The van der Waals surface area contributed by atoms with Gasteiger partial charge in [-0.25, -0.2) is 4.98 Å². The maximum atomic E-state index is 11.4. The van der Waals surface area contributed by atoms with Gasteiger partial charge in [0.25, 0.3) is 0 Å². The maximum Gasteiger partial charge on any atom is 0.220 e. The molecule has 1 aliphatic heterocycles. The second kappa shape index (κ2) is 6.55. The molecular formula is C21H21N3O. The molecule has 1 unspecified atom stereocenters. The lowest BCUT2D eigenvalue weighted by Gasteiger charge is -2.14. The average Bonchev–Trinajstić information content (AvgIpc) is 3.24. The van der Waals surface area contributed by atoms with Gasteiger partial charge in [-0.1, -0.05) is 54.1 Å². The van der Waals surface area contributed by atoms with Crippen molar-refractivity contribution in [3.63, 3.8) is 0 Å². The Morgan fingerprint density at radius 1 is 1.12 bits per heavy atom. The molecule has 0 radical (unpaired) electrons. The van der Waals surface area contributed by atoms with Crippen LogP contribution in [0.2, 0.25) is 0 Å². The number of carbonyl (C=O) groups is 1. The van der Waals surface area contributed by atoms with E-state index in [2.05, 4.69) is 70.3 Å². The molecule has 1 saturated heterocycles. The molecule has 126 valence electrons. The highest BCUT2D eigenvalue weighted by molar-refractivity contribution is 5.78. The predicted octanol–water partition coefficient (Wildman–Crippen LogP) is 3.80. The van der Waals surface area contributed by atoms with Crippen molar-refractivity contribution in [1.82, 2.24) is 14.9 Å². The Kier molecular flexibility index (Phi) is 4.10. The van der Waals surface area contributed by atoms with Gasteiger partial charge in [-0.3, -0.25) is 4.79 Å². The Morgan fingerprint density at radius 3 is 2.64 bits per heavy atom. The average molecular weight is 331 g/mol. The minimum Gasteiger partial charge on any atom is -0.352 e. The second-order valence-electron chi connectivity index (χ2n) is 6.65. The van der Waals surface area contributed by atoms with Gasteiger partial charge in [0.15, 0.2) is 0 Å². The molecule has 0 saturated carbocycles. The van der Waals surface area contributed by atoms with Crippen LogP contribution in [0.15, 0.2) is 60.9 Å². The lowest BCUT2D eigenvalue weighted by molar-refractivity contribution is -0.119. The number of rotatable bonds is 4. The number of imidazole rings is 1. The van der Waals surface area contributed by atoms with E-state index in [1.54, 1.807) is 0 Å². The van der Waals surface area contributed by atoms with E-state index in [-0.39, 0.29) is 11.9 Å². The standard InChI is InChI=1S/C21H21N3O/c1-15-3-2-4-18(13-15)16-5-7-17(8-6-16)21-22-11-12-24(21)14-19-9-10-20(25)23-19/h2-8,11-13,19H,9-10,14H2,1H3,(H,23,25). The summed E-state index contributed by atoms with van der Waals surface area (Å²) in [5, 5.41) is 3.02. The second-order valence-corrected chi connectivity index (χ2v) is 6.65. The van der Waals surface area contributed by atoms with E-state index in [9.17, 15) is 4.79 Å². The number of hydrogen-bond donors (Lipinski definition) is 1. The van der Waals surface area contributed by atoms with E-state index in [0.717, 1.165) is 24.4 Å². The fourth-order valence-corrected chi connectivity index (χ4v) is 3.40. The minimum atomic E-state index is 0.147. The molecule has 2 heterocycles. The van der Waals surface area contributed by atoms with Crippen LogP contribution in [-0.2, 0) is 11.3 Å². The molecule has 3 aromatic rings. The van der Waals surface area contributed by atoms with Crippen molar-refractivity contribution in [1.29, 1.82) is 0 Å². The quantitative estimate of drug-likeness (QED) is 0.790. The molecule has 0 aliphatic carbocycles. The number of carbonyl (C=O) groups excluding carboxylic acids is 1. The van der Waals surface area contributed by atoms with Crippen LogP contribution in [0.25, 0.3) is 22.5 Å². The van der Waals surface area contributed by atoms with Crippen molar-refractivity contribution >= 4 is 5.91 Å². The largest absolute Gasteiger partial charge is 0.352 e. The van der Waals surface area contributed by atoms with Crippen LogP contribution >= 0.6 is 0 Å². The zero-order valence-corrected chi connectivity index (χ0v) is 14.3. The maximum absolute atomic E-state index is 11.4. The van der Waals surface area contributed by atoms with Crippen LogP contribution in [0, 0.1) is 6.92 Å². The molecule has 4 nitrogen and oxygen atoms in total. The van der Waals surface area contributed by atoms with Crippen LogP contribution in [0.1, 0.15) is 18.4 Å². The van der Waals surface area contributed by atoms with E-state index in [1.165, 1.54) is 16.7 Å². The Labute approximate surface area is 147 Å². The number of hydrogen-bond acceptors (Lipinski definition) is 2. The van der Waals surface area contributed by atoms with Gasteiger partial charge in [0.1, 0.15) is 5.82 Å². The smallest absolute Gasteiger partial charge is 0.220 e. The number of benzene rings is 2. The summed E-state index contributed by atoms with van der Waals surface area (Å²) in [5.41, 5.74) is 4.78. The molecule has 1 N–H and O–H groups in total. The summed E-state index contributed by atoms with van der Waals surface area (Å²) >= 11 is 0. The number of nitrogens with one attached hydrogen (secondary N) is 1. The first-order chi connectivity index (χ1) is 12.2. The molecule has 1 aliphatic rings. The summed E-state index contributed by atoms with van der Waals surface area (Å²) in [6, 6.07) is 17.2. The van der Waals surface area contributed by atoms with Crippen molar-refractivity contribution in [3.8, 4) is 22.5 Å². The summed E-state index contributed by atoms with van der Waals surface area (Å²) in [6.45, 7) is 2.87. The summed E-state index contributed by atoms with van der Waals surface area (Å²) in [6.07, 6.45) is 5.32. The zero-order valence-electron chi connectivity index (χ0n) is 14.3. The van der Waals surface area contributed by atoms with E-state index in [4.69, 9.17) is 0 Å². The summed E-state index contributed by atoms with van der Waals surface area (Å²) < 4.78 is 2.12. The first-order valence-corrected chi connectivity index (χ1v) is 8.67. The van der Waals surface area contributed by atoms with Crippen LogP contribution < -0.4 is 5.32 Å². The highest BCUT2D eigenvalue weighted by atomic mass is 16.1. The van der Waals surface area contributed by atoms with Gasteiger partial charge in [0, 0.05) is 37.0 Å². The van der Waals surface area contributed by atoms with Crippen LogP contribution in [0.3, 0.4) is 0 Å². The Morgan fingerprint density at radius 2 is 1.92 bits per heavy atom. The number of aromatic nitrogens is 2. The minimum absolute atomic E-state index is 0.147. The van der Waals surface area contributed by atoms with E-state index < -0.39 is 0 Å². The zero-order chi connectivity index (χ0) is 17.2. The number of nitrogens with zero attached hydrogens (tertiary/aromatic N) is 2. The molecule has 1 aromatic heterocycles. The molecule has 25 heavy (non-hydrogen) atoms. The third-order valence-electron chi connectivity index (χ3n) is 4.71. The van der Waals surface area contributed by atoms with Gasteiger partial charge in [-0.05, 0) is 24.5 Å². The lowest BCUT2D eigenvalue weighted by Crippen LogP contribution is -2.29. The molecule has 1 atom stereocenters.